The lowest BCUT2D eigenvalue weighted by Gasteiger charge is -2.05. The number of fused-ring (bicyclic) bond motifs is 2. The molecule has 0 N–H and O–H groups in total. The van der Waals surface area contributed by atoms with Crippen molar-refractivity contribution in [2.24, 2.45) is 0 Å². The van der Waals surface area contributed by atoms with Crippen molar-refractivity contribution in [3.63, 3.8) is 0 Å². The summed E-state index contributed by atoms with van der Waals surface area (Å²) in [5.74, 6) is 0. The number of aromatic nitrogens is 2. The number of hydrogen-bond acceptors (Lipinski definition) is 6. The molecule has 0 bridgehead atoms. The number of nitrogens with zero attached hydrogens (tertiary/aromatic N) is 2. The molecule has 0 aliphatic heterocycles. The Morgan fingerprint density at radius 3 is 1.46 bits per heavy atom. The average Bonchev–Trinajstić information content (AvgIpc) is 2.95. The minimum Gasteiger partial charge on any atom is -0.383 e. The molecule has 0 fully saturated rings. The van der Waals surface area contributed by atoms with Gasteiger partial charge in [0.05, 0.1) is 35.0 Å². The molecule has 8 heteroatoms. The van der Waals surface area contributed by atoms with Gasteiger partial charge in [0, 0.05) is 27.3 Å². The minimum atomic E-state index is -0.659. The Balaban J connectivity index is 2.36. The zero-order valence-electron chi connectivity index (χ0n) is 13.3. The molecule has 0 aliphatic carbocycles. The van der Waals surface area contributed by atoms with Crippen LogP contribution in [0.15, 0.2) is 31.3 Å². The summed E-state index contributed by atoms with van der Waals surface area (Å²) < 4.78 is 12.4. The predicted octanol–water partition coefficient (Wildman–Crippen LogP) is -0.795. The van der Waals surface area contributed by atoms with Gasteiger partial charge in [-0.3, -0.25) is 19.2 Å². The molecule has 24 heavy (non-hydrogen) atoms. The standard InChI is InChI=1S/C16H16N2O6/c1-23-5-3-17-11-7-10-12(8-9(11)13(19)15(17)21)18(4-6-24-2)16(22)14(10)20/h7-8H,3-6H2,1-2H3. The highest BCUT2D eigenvalue weighted by molar-refractivity contribution is 5.95. The van der Waals surface area contributed by atoms with E-state index in [9.17, 15) is 19.2 Å². The van der Waals surface area contributed by atoms with Crippen LogP contribution in [0, 0.1) is 0 Å². The molecule has 0 spiro atoms. The molecule has 2 heterocycles. The van der Waals surface area contributed by atoms with Crippen molar-refractivity contribution in [2.45, 2.75) is 13.1 Å². The van der Waals surface area contributed by atoms with Gasteiger partial charge in [-0.15, -0.1) is 0 Å². The SMILES string of the molecule is COCCn1c(=O)c(=O)c2cc3c(cc21)c(=O)c(=O)n3CCOC. The molecular formula is C16H16N2O6. The lowest BCUT2D eigenvalue weighted by atomic mass is 10.2. The van der Waals surface area contributed by atoms with Crippen LogP contribution in [0.2, 0.25) is 0 Å². The van der Waals surface area contributed by atoms with E-state index < -0.39 is 22.0 Å². The van der Waals surface area contributed by atoms with E-state index in [1.165, 1.54) is 35.5 Å². The van der Waals surface area contributed by atoms with Crippen molar-refractivity contribution >= 4 is 21.8 Å². The smallest absolute Gasteiger partial charge is 0.299 e. The topological polar surface area (TPSA) is 96.6 Å². The Morgan fingerprint density at radius 1 is 0.750 bits per heavy atom. The second-order valence-electron chi connectivity index (χ2n) is 5.44. The molecule has 2 aromatic heterocycles. The summed E-state index contributed by atoms with van der Waals surface area (Å²) in [6.07, 6.45) is 0. The molecule has 3 aromatic rings. The summed E-state index contributed by atoms with van der Waals surface area (Å²) in [6, 6.07) is 2.88. The van der Waals surface area contributed by atoms with Gasteiger partial charge in [-0.25, -0.2) is 0 Å². The monoisotopic (exact) mass is 332 g/mol. The van der Waals surface area contributed by atoms with Gasteiger partial charge in [-0.1, -0.05) is 0 Å². The van der Waals surface area contributed by atoms with Gasteiger partial charge in [0.25, 0.3) is 22.0 Å². The molecular weight excluding hydrogens is 316 g/mol. The van der Waals surface area contributed by atoms with Crippen LogP contribution in [0.5, 0.6) is 0 Å². The van der Waals surface area contributed by atoms with Crippen LogP contribution in [0.25, 0.3) is 21.8 Å². The molecule has 3 rings (SSSR count). The molecule has 1 aromatic carbocycles. The number of rotatable bonds is 6. The van der Waals surface area contributed by atoms with Gasteiger partial charge in [0.2, 0.25) is 0 Å². The van der Waals surface area contributed by atoms with Crippen molar-refractivity contribution in [2.75, 3.05) is 27.4 Å². The summed E-state index contributed by atoms with van der Waals surface area (Å²) in [5.41, 5.74) is -1.93. The number of benzene rings is 1. The molecule has 8 nitrogen and oxygen atoms in total. The summed E-state index contributed by atoms with van der Waals surface area (Å²) in [6.45, 7) is 0.898. The third kappa shape index (κ3) is 2.31. The lowest BCUT2D eigenvalue weighted by Crippen LogP contribution is -2.28. The van der Waals surface area contributed by atoms with Crippen molar-refractivity contribution < 1.29 is 9.47 Å². The fourth-order valence-corrected chi connectivity index (χ4v) is 2.89. The highest BCUT2D eigenvalue weighted by atomic mass is 16.5. The zero-order chi connectivity index (χ0) is 17.4. The highest BCUT2D eigenvalue weighted by Gasteiger charge is 2.19. The highest BCUT2D eigenvalue weighted by Crippen LogP contribution is 2.17. The van der Waals surface area contributed by atoms with E-state index in [-0.39, 0.29) is 37.1 Å². The van der Waals surface area contributed by atoms with Crippen LogP contribution in [-0.4, -0.2) is 36.6 Å². The Hall–Kier alpha value is -2.58. The third-order valence-electron chi connectivity index (χ3n) is 4.10. The first-order valence-corrected chi connectivity index (χ1v) is 7.39. The molecule has 0 amide bonds. The minimum absolute atomic E-state index is 0.194. The van der Waals surface area contributed by atoms with Crippen LogP contribution in [-0.2, 0) is 22.6 Å². The summed E-state index contributed by atoms with van der Waals surface area (Å²) in [7, 11) is 2.98. The maximum atomic E-state index is 12.2. The number of hydrogen-bond donors (Lipinski definition) is 0. The van der Waals surface area contributed by atoms with Gasteiger partial charge in [0.1, 0.15) is 0 Å². The Labute approximate surface area is 135 Å². The van der Waals surface area contributed by atoms with Crippen LogP contribution in [0.3, 0.4) is 0 Å². The Morgan fingerprint density at radius 2 is 1.12 bits per heavy atom. The van der Waals surface area contributed by atoms with E-state index in [2.05, 4.69) is 0 Å². The van der Waals surface area contributed by atoms with Crippen LogP contribution in [0.4, 0.5) is 0 Å². The molecule has 0 atom stereocenters. The third-order valence-corrected chi connectivity index (χ3v) is 4.10. The van der Waals surface area contributed by atoms with E-state index in [4.69, 9.17) is 9.47 Å². The normalized spacial score (nSPS) is 11.8. The van der Waals surface area contributed by atoms with Crippen LogP contribution < -0.4 is 22.0 Å². The molecule has 0 aliphatic rings. The first kappa shape index (κ1) is 16.3. The first-order valence-electron chi connectivity index (χ1n) is 7.39. The van der Waals surface area contributed by atoms with Crippen molar-refractivity contribution in [3.05, 3.63) is 53.3 Å². The molecule has 0 unspecified atom stereocenters. The van der Waals surface area contributed by atoms with Gasteiger partial charge in [0.15, 0.2) is 0 Å². The average molecular weight is 332 g/mol. The molecule has 0 saturated heterocycles. The number of methoxy groups -OCH3 is 2. The zero-order valence-corrected chi connectivity index (χ0v) is 13.3. The van der Waals surface area contributed by atoms with E-state index in [1.54, 1.807) is 0 Å². The second-order valence-corrected chi connectivity index (χ2v) is 5.44. The Bertz CT molecular complexity index is 1020. The maximum Gasteiger partial charge on any atom is 0.299 e. The van der Waals surface area contributed by atoms with E-state index >= 15 is 0 Å². The largest absolute Gasteiger partial charge is 0.383 e. The molecule has 126 valence electrons. The van der Waals surface area contributed by atoms with Crippen LogP contribution >= 0.6 is 0 Å². The molecule has 0 saturated carbocycles. The van der Waals surface area contributed by atoms with Gasteiger partial charge < -0.3 is 18.6 Å². The summed E-state index contributed by atoms with van der Waals surface area (Å²) >= 11 is 0. The second kappa shape index (κ2) is 6.14. The number of ether oxygens (including phenoxy) is 2. The van der Waals surface area contributed by atoms with Gasteiger partial charge >= 0.3 is 0 Å². The van der Waals surface area contributed by atoms with E-state index in [0.29, 0.717) is 11.0 Å². The van der Waals surface area contributed by atoms with E-state index in [1.807, 2.05) is 0 Å². The van der Waals surface area contributed by atoms with Crippen molar-refractivity contribution in [3.8, 4) is 0 Å². The maximum absolute atomic E-state index is 12.2. The lowest BCUT2D eigenvalue weighted by molar-refractivity contribution is 0.187. The fourth-order valence-electron chi connectivity index (χ4n) is 2.89. The van der Waals surface area contributed by atoms with E-state index in [0.717, 1.165) is 0 Å². The Kier molecular flexibility index (Phi) is 4.16. The fraction of sp³-hybridized carbons (Fsp3) is 0.375. The first-order chi connectivity index (χ1) is 11.5. The quantitative estimate of drug-likeness (QED) is 0.549. The summed E-state index contributed by atoms with van der Waals surface area (Å²) in [5, 5.41) is 0.388. The predicted molar refractivity (Wildman–Crippen MR) is 88.6 cm³/mol. The summed E-state index contributed by atoms with van der Waals surface area (Å²) in [4.78, 5) is 48.7. The molecule has 0 radical (unpaired) electrons. The van der Waals surface area contributed by atoms with Gasteiger partial charge in [-0.2, -0.15) is 0 Å². The van der Waals surface area contributed by atoms with Gasteiger partial charge in [-0.05, 0) is 12.1 Å². The van der Waals surface area contributed by atoms with Crippen LogP contribution in [0.1, 0.15) is 0 Å². The van der Waals surface area contributed by atoms with Crippen molar-refractivity contribution in [1.82, 2.24) is 9.13 Å². The van der Waals surface area contributed by atoms with Crippen molar-refractivity contribution in [1.29, 1.82) is 0 Å².